The molecule has 0 bridgehead atoms. The molecule has 3 heteroatoms. The van der Waals surface area contributed by atoms with Gasteiger partial charge >= 0.3 is 0 Å². The topological polar surface area (TPSA) is 46.5 Å². The number of allylic oxidation sites excluding steroid dienone is 1. The number of hydrogen-bond acceptors (Lipinski definition) is 3. The smallest absolute Gasteiger partial charge is 0.152 e. The Labute approximate surface area is 95.4 Å². The third kappa shape index (κ3) is 3.87. The van der Waals surface area contributed by atoms with Crippen LogP contribution in [-0.4, -0.2) is 24.1 Å². The van der Waals surface area contributed by atoms with Gasteiger partial charge in [0.25, 0.3) is 0 Å². The zero-order valence-electron chi connectivity index (χ0n) is 9.56. The van der Waals surface area contributed by atoms with Crippen molar-refractivity contribution in [3.8, 4) is 5.75 Å². The zero-order chi connectivity index (χ0) is 12.0. The van der Waals surface area contributed by atoms with Crippen LogP contribution in [-0.2, 0) is 4.79 Å². The molecule has 0 aliphatic heterocycles. The monoisotopic (exact) mass is 220 g/mol. The van der Waals surface area contributed by atoms with E-state index in [0.29, 0.717) is 0 Å². The van der Waals surface area contributed by atoms with Crippen LogP contribution in [0.1, 0.15) is 18.1 Å². The first-order chi connectivity index (χ1) is 7.63. The number of ketones is 1. The van der Waals surface area contributed by atoms with Crippen LogP contribution in [0, 0.1) is 6.92 Å². The first kappa shape index (κ1) is 12.5. The summed E-state index contributed by atoms with van der Waals surface area (Å²) in [5.74, 6) is 0.748. The van der Waals surface area contributed by atoms with Gasteiger partial charge in [0.05, 0.1) is 6.61 Å². The molecule has 16 heavy (non-hydrogen) atoms. The second kappa shape index (κ2) is 6.08. The molecule has 0 fully saturated rings. The van der Waals surface area contributed by atoms with E-state index in [1.807, 2.05) is 25.1 Å². The Morgan fingerprint density at radius 1 is 1.50 bits per heavy atom. The Kier molecular flexibility index (Phi) is 4.73. The Balaban J connectivity index is 2.84. The quantitative estimate of drug-likeness (QED) is 0.772. The molecule has 86 valence electrons. The van der Waals surface area contributed by atoms with E-state index in [9.17, 15) is 4.79 Å². The van der Waals surface area contributed by atoms with E-state index in [4.69, 9.17) is 9.84 Å². The van der Waals surface area contributed by atoms with Crippen molar-refractivity contribution in [2.75, 3.05) is 13.2 Å². The highest BCUT2D eigenvalue weighted by molar-refractivity contribution is 5.91. The van der Waals surface area contributed by atoms with Crippen molar-refractivity contribution in [2.45, 2.75) is 13.8 Å². The van der Waals surface area contributed by atoms with Gasteiger partial charge in [-0.15, -0.1) is 0 Å². The summed E-state index contributed by atoms with van der Waals surface area (Å²) in [4.78, 5) is 10.8. The molecular formula is C13H16O3. The number of aliphatic hydroxyl groups excluding tert-OH is 1. The third-order valence-electron chi connectivity index (χ3n) is 2.07. The van der Waals surface area contributed by atoms with Gasteiger partial charge in [-0.3, -0.25) is 4.79 Å². The number of benzene rings is 1. The van der Waals surface area contributed by atoms with Crippen molar-refractivity contribution < 1.29 is 14.6 Å². The average molecular weight is 220 g/mol. The molecule has 0 atom stereocenters. The lowest BCUT2D eigenvalue weighted by Crippen LogP contribution is -2.02. The molecular weight excluding hydrogens is 204 g/mol. The normalized spacial score (nSPS) is 10.7. The van der Waals surface area contributed by atoms with Gasteiger partial charge in [0.2, 0.25) is 0 Å². The summed E-state index contributed by atoms with van der Waals surface area (Å²) in [7, 11) is 0. The van der Waals surface area contributed by atoms with E-state index < -0.39 is 0 Å². The maximum Gasteiger partial charge on any atom is 0.152 e. The van der Waals surface area contributed by atoms with Crippen LogP contribution < -0.4 is 4.74 Å². The van der Waals surface area contributed by atoms with E-state index in [0.717, 1.165) is 16.9 Å². The number of carbonyl (C=O) groups excluding carboxylic acids is 1. The molecule has 3 nitrogen and oxygen atoms in total. The lowest BCUT2D eigenvalue weighted by Gasteiger charge is -2.08. The van der Waals surface area contributed by atoms with Crippen molar-refractivity contribution in [1.29, 1.82) is 0 Å². The van der Waals surface area contributed by atoms with E-state index in [1.165, 1.54) is 13.0 Å². The number of rotatable bonds is 5. The summed E-state index contributed by atoms with van der Waals surface area (Å²) in [5, 5.41) is 8.68. The highest BCUT2D eigenvalue weighted by Gasteiger charge is 1.99. The Hall–Kier alpha value is -1.61. The molecule has 0 saturated heterocycles. The van der Waals surface area contributed by atoms with Crippen LogP contribution >= 0.6 is 0 Å². The minimum Gasteiger partial charge on any atom is -0.491 e. The Bertz CT molecular complexity index is 394. The first-order valence-electron chi connectivity index (χ1n) is 5.16. The fourth-order valence-electron chi connectivity index (χ4n) is 1.25. The number of aliphatic hydroxyl groups is 1. The van der Waals surface area contributed by atoms with Gasteiger partial charge in [0.1, 0.15) is 12.4 Å². The van der Waals surface area contributed by atoms with Crippen molar-refractivity contribution >= 4 is 11.9 Å². The minimum absolute atomic E-state index is 0.00699. The van der Waals surface area contributed by atoms with Gasteiger partial charge in [-0.05, 0) is 37.1 Å². The van der Waals surface area contributed by atoms with Gasteiger partial charge in [-0.2, -0.15) is 0 Å². The summed E-state index contributed by atoms with van der Waals surface area (Å²) in [5.41, 5.74) is 1.92. The number of hydrogen-bond donors (Lipinski definition) is 1. The predicted molar refractivity (Wildman–Crippen MR) is 63.5 cm³/mol. The van der Waals surface area contributed by atoms with E-state index >= 15 is 0 Å². The SMILES string of the molecule is CC(=O)/C=C/c1ccc(C)c(OCCO)c1. The molecule has 0 aliphatic rings. The number of ether oxygens (including phenoxy) is 1. The number of aryl methyl sites for hydroxylation is 1. The molecule has 1 aromatic rings. The maximum absolute atomic E-state index is 10.8. The predicted octanol–water partition coefficient (Wildman–Crippen LogP) is 1.97. The van der Waals surface area contributed by atoms with Gasteiger partial charge in [0.15, 0.2) is 5.78 Å². The van der Waals surface area contributed by atoms with Crippen molar-refractivity contribution in [3.05, 3.63) is 35.4 Å². The lowest BCUT2D eigenvalue weighted by atomic mass is 10.1. The molecule has 0 aliphatic carbocycles. The summed E-state index contributed by atoms with van der Waals surface area (Å²) in [6.07, 6.45) is 3.26. The van der Waals surface area contributed by atoms with Crippen LogP contribution in [0.5, 0.6) is 5.75 Å². The summed E-state index contributed by atoms with van der Waals surface area (Å²) in [6.45, 7) is 3.71. The Morgan fingerprint density at radius 3 is 2.88 bits per heavy atom. The number of carbonyl (C=O) groups is 1. The van der Waals surface area contributed by atoms with Crippen LogP contribution in [0.2, 0.25) is 0 Å². The second-order valence-electron chi connectivity index (χ2n) is 3.54. The third-order valence-corrected chi connectivity index (χ3v) is 2.07. The van der Waals surface area contributed by atoms with E-state index in [2.05, 4.69) is 0 Å². The van der Waals surface area contributed by atoms with E-state index in [-0.39, 0.29) is 19.0 Å². The molecule has 0 unspecified atom stereocenters. The van der Waals surface area contributed by atoms with Gasteiger partial charge in [0, 0.05) is 0 Å². The fourth-order valence-corrected chi connectivity index (χ4v) is 1.25. The maximum atomic E-state index is 10.8. The second-order valence-corrected chi connectivity index (χ2v) is 3.54. The van der Waals surface area contributed by atoms with Crippen LogP contribution in [0.3, 0.4) is 0 Å². The minimum atomic E-state index is -0.00699. The molecule has 1 rings (SSSR count). The molecule has 0 amide bonds. The molecule has 0 saturated carbocycles. The van der Waals surface area contributed by atoms with Gasteiger partial charge < -0.3 is 9.84 Å². The molecule has 0 heterocycles. The molecule has 0 radical (unpaired) electrons. The first-order valence-corrected chi connectivity index (χ1v) is 5.16. The molecule has 0 spiro atoms. The van der Waals surface area contributed by atoms with Crippen molar-refractivity contribution in [2.24, 2.45) is 0 Å². The Morgan fingerprint density at radius 2 is 2.25 bits per heavy atom. The van der Waals surface area contributed by atoms with Crippen molar-refractivity contribution in [1.82, 2.24) is 0 Å². The highest BCUT2D eigenvalue weighted by atomic mass is 16.5. The largest absolute Gasteiger partial charge is 0.491 e. The van der Waals surface area contributed by atoms with Gasteiger partial charge in [-0.1, -0.05) is 18.2 Å². The molecule has 0 aromatic heterocycles. The zero-order valence-corrected chi connectivity index (χ0v) is 9.56. The van der Waals surface area contributed by atoms with Crippen LogP contribution in [0.25, 0.3) is 6.08 Å². The van der Waals surface area contributed by atoms with Crippen molar-refractivity contribution in [3.63, 3.8) is 0 Å². The van der Waals surface area contributed by atoms with E-state index in [1.54, 1.807) is 6.08 Å². The summed E-state index contributed by atoms with van der Waals surface area (Å²) >= 11 is 0. The van der Waals surface area contributed by atoms with Crippen LogP contribution in [0.4, 0.5) is 0 Å². The average Bonchev–Trinajstić information content (AvgIpc) is 2.26. The highest BCUT2D eigenvalue weighted by Crippen LogP contribution is 2.20. The summed E-state index contributed by atoms with van der Waals surface area (Å²) in [6, 6.07) is 5.69. The molecule has 1 N–H and O–H groups in total. The lowest BCUT2D eigenvalue weighted by molar-refractivity contribution is -0.112. The molecule has 1 aromatic carbocycles. The van der Waals surface area contributed by atoms with Crippen LogP contribution in [0.15, 0.2) is 24.3 Å². The summed E-state index contributed by atoms with van der Waals surface area (Å²) < 4.78 is 5.36. The fraction of sp³-hybridized carbons (Fsp3) is 0.308. The van der Waals surface area contributed by atoms with Gasteiger partial charge in [-0.25, -0.2) is 0 Å². The standard InChI is InChI=1S/C13H16O3/c1-10-3-5-12(6-4-11(2)15)9-13(10)16-8-7-14/h3-6,9,14H,7-8H2,1-2H3/b6-4+.